The average Bonchev–Trinajstić information content (AvgIpc) is 3.30. The van der Waals surface area contributed by atoms with Crippen LogP contribution in [0.25, 0.3) is 27.3 Å². The van der Waals surface area contributed by atoms with Gasteiger partial charge in [-0.1, -0.05) is 18.2 Å². The number of aliphatic hydroxyl groups is 1. The Balaban J connectivity index is 1.55. The summed E-state index contributed by atoms with van der Waals surface area (Å²) in [6.07, 6.45) is 1.64. The van der Waals surface area contributed by atoms with Crippen molar-refractivity contribution in [3.63, 3.8) is 0 Å². The number of nitriles is 1. The van der Waals surface area contributed by atoms with Gasteiger partial charge >= 0.3 is 0 Å². The van der Waals surface area contributed by atoms with Crippen molar-refractivity contribution in [3.8, 4) is 16.5 Å². The second kappa shape index (κ2) is 10.7. The molecule has 0 unspecified atom stereocenters. The highest BCUT2D eigenvalue weighted by Crippen LogP contribution is 2.33. The van der Waals surface area contributed by atoms with Crippen molar-refractivity contribution < 1.29 is 13.5 Å². The number of thiophene rings is 1. The lowest BCUT2D eigenvalue weighted by Gasteiger charge is -2.34. The third kappa shape index (κ3) is 6.14. The Hall–Kier alpha value is -2.74. The standard InChI is InChI=1S/C27H32N4O3S2/c1-27(2,10-15-32)29-36(33,34)25(19-28)18-24-8-9-26(35-24)22-5-4-21-17-23(7-6-20(21)16-22)31-13-11-30(3)12-14-31/h4-9,16-18,29,32H,10-15H2,1-3H3/b25-18+. The Labute approximate surface area is 217 Å². The number of allylic oxidation sites excluding steroid dienone is 1. The first-order valence-electron chi connectivity index (χ1n) is 11.9. The maximum atomic E-state index is 12.8. The number of hydrogen-bond acceptors (Lipinski definition) is 7. The van der Waals surface area contributed by atoms with Gasteiger partial charge in [-0.25, -0.2) is 13.1 Å². The smallest absolute Gasteiger partial charge is 0.251 e. The van der Waals surface area contributed by atoms with E-state index in [0.29, 0.717) is 4.88 Å². The highest BCUT2D eigenvalue weighted by atomic mass is 32.2. The predicted molar refractivity (Wildman–Crippen MR) is 148 cm³/mol. The van der Waals surface area contributed by atoms with Crippen molar-refractivity contribution in [1.29, 1.82) is 5.26 Å². The topological polar surface area (TPSA) is 96.7 Å². The quantitative estimate of drug-likeness (QED) is 0.428. The number of aliphatic hydroxyl groups excluding tert-OH is 1. The van der Waals surface area contributed by atoms with Crippen LogP contribution >= 0.6 is 11.3 Å². The fraction of sp³-hybridized carbons (Fsp3) is 0.370. The fourth-order valence-corrected chi connectivity index (χ4v) is 6.65. The second-order valence-corrected chi connectivity index (χ2v) is 12.6. The van der Waals surface area contributed by atoms with Crippen LogP contribution in [0.4, 0.5) is 5.69 Å². The van der Waals surface area contributed by atoms with E-state index >= 15 is 0 Å². The molecule has 1 fully saturated rings. The van der Waals surface area contributed by atoms with Gasteiger partial charge in [-0.15, -0.1) is 11.3 Å². The maximum Gasteiger partial charge on any atom is 0.251 e. The molecule has 0 spiro atoms. The van der Waals surface area contributed by atoms with E-state index in [2.05, 4.69) is 58.0 Å². The van der Waals surface area contributed by atoms with Crippen LogP contribution in [-0.4, -0.2) is 63.8 Å². The molecule has 190 valence electrons. The molecule has 1 aromatic heterocycles. The van der Waals surface area contributed by atoms with Crippen LogP contribution in [0.5, 0.6) is 0 Å². The molecular weight excluding hydrogens is 492 g/mol. The van der Waals surface area contributed by atoms with E-state index in [-0.39, 0.29) is 17.9 Å². The first-order chi connectivity index (χ1) is 17.1. The van der Waals surface area contributed by atoms with E-state index in [0.717, 1.165) is 42.0 Å². The van der Waals surface area contributed by atoms with E-state index < -0.39 is 15.6 Å². The molecule has 0 radical (unpaired) electrons. The average molecular weight is 525 g/mol. The van der Waals surface area contributed by atoms with Crippen LogP contribution in [0.15, 0.2) is 53.4 Å². The summed E-state index contributed by atoms with van der Waals surface area (Å²) in [4.78, 5) is 6.09. The van der Waals surface area contributed by atoms with Crippen molar-refractivity contribution >= 4 is 43.9 Å². The summed E-state index contributed by atoms with van der Waals surface area (Å²) in [6.45, 7) is 7.38. The molecule has 1 aliphatic heterocycles. The zero-order valence-electron chi connectivity index (χ0n) is 20.9. The third-order valence-electron chi connectivity index (χ3n) is 6.42. The van der Waals surface area contributed by atoms with Gasteiger partial charge in [0.15, 0.2) is 4.91 Å². The number of fused-ring (bicyclic) bond motifs is 1. The number of rotatable bonds is 8. The zero-order valence-corrected chi connectivity index (χ0v) is 22.5. The van der Waals surface area contributed by atoms with Crippen LogP contribution in [0.1, 0.15) is 25.1 Å². The van der Waals surface area contributed by atoms with Crippen LogP contribution in [0, 0.1) is 11.3 Å². The zero-order chi connectivity index (χ0) is 25.9. The molecule has 9 heteroatoms. The van der Waals surface area contributed by atoms with E-state index in [1.54, 1.807) is 13.8 Å². The molecule has 36 heavy (non-hydrogen) atoms. The Morgan fingerprint density at radius 3 is 2.50 bits per heavy atom. The Morgan fingerprint density at radius 2 is 1.81 bits per heavy atom. The van der Waals surface area contributed by atoms with Crippen LogP contribution < -0.4 is 9.62 Å². The van der Waals surface area contributed by atoms with Gasteiger partial charge in [0.05, 0.1) is 0 Å². The number of hydrogen-bond donors (Lipinski definition) is 2. The molecule has 0 amide bonds. The number of benzene rings is 2. The van der Waals surface area contributed by atoms with Gasteiger partial charge in [0.2, 0.25) is 0 Å². The Kier molecular flexibility index (Phi) is 7.83. The minimum Gasteiger partial charge on any atom is -0.396 e. The second-order valence-electron chi connectivity index (χ2n) is 9.82. The lowest BCUT2D eigenvalue weighted by Crippen LogP contribution is -2.44. The monoisotopic (exact) mass is 524 g/mol. The largest absolute Gasteiger partial charge is 0.396 e. The van der Waals surface area contributed by atoms with Crippen molar-refractivity contribution in [2.45, 2.75) is 25.8 Å². The van der Waals surface area contributed by atoms with Gasteiger partial charge in [0, 0.05) is 53.8 Å². The van der Waals surface area contributed by atoms with Crippen LogP contribution in [0.2, 0.25) is 0 Å². The number of piperazine rings is 1. The molecule has 1 aliphatic rings. The van der Waals surface area contributed by atoms with Gasteiger partial charge in [-0.05, 0) is 80.1 Å². The van der Waals surface area contributed by atoms with Gasteiger partial charge in [-0.2, -0.15) is 5.26 Å². The normalized spacial score (nSPS) is 15.9. The summed E-state index contributed by atoms with van der Waals surface area (Å²) >= 11 is 1.44. The van der Waals surface area contributed by atoms with Crippen molar-refractivity contribution in [2.24, 2.45) is 0 Å². The summed E-state index contributed by atoms with van der Waals surface area (Å²) in [7, 11) is -1.86. The Morgan fingerprint density at radius 1 is 1.11 bits per heavy atom. The molecule has 7 nitrogen and oxygen atoms in total. The van der Waals surface area contributed by atoms with E-state index in [9.17, 15) is 18.8 Å². The predicted octanol–water partition coefficient (Wildman–Crippen LogP) is 4.26. The number of anilines is 1. The first kappa shape index (κ1) is 26.3. The van der Waals surface area contributed by atoms with E-state index in [1.807, 2.05) is 18.2 Å². The minimum absolute atomic E-state index is 0.154. The molecule has 0 saturated carbocycles. The molecule has 2 aromatic carbocycles. The third-order valence-corrected chi connectivity index (χ3v) is 9.11. The number of likely N-dealkylation sites (N-methyl/N-ethyl adjacent to an activating group) is 1. The van der Waals surface area contributed by atoms with Gasteiger partial charge in [-0.3, -0.25) is 0 Å². The number of nitrogens with one attached hydrogen (secondary N) is 1. The molecule has 4 rings (SSSR count). The molecule has 1 saturated heterocycles. The van der Waals surface area contributed by atoms with Crippen LogP contribution in [0.3, 0.4) is 0 Å². The molecule has 2 heterocycles. The summed E-state index contributed by atoms with van der Waals surface area (Å²) in [5.41, 5.74) is 1.43. The molecule has 0 bridgehead atoms. The summed E-state index contributed by atoms with van der Waals surface area (Å²) in [5.74, 6) is 0. The van der Waals surface area contributed by atoms with Gasteiger partial charge in [0.25, 0.3) is 10.0 Å². The SMILES string of the molecule is CN1CCN(c2ccc3cc(-c4ccc(/C=C(\C#N)S(=O)(=O)NC(C)(C)CCO)s4)ccc3c2)CC1. The van der Waals surface area contributed by atoms with Crippen molar-refractivity contribution in [3.05, 3.63) is 58.3 Å². The molecule has 3 aromatic rings. The first-order valence-corrected chi connectivity index (χ1v) is 14.2. The minimum atomic E-state index is -4.01. The van der Waals surface area contributed by atoms with E-state index in [1.165, 1.54) is 28.5 Å². The lowest BCUT2D eigenvalue weighted by atomic mass is 10.0. The Bertz CT molecular complexity index is 1410. The molecule has 2 N–H and O–H groups in total. The summed E-state index contributed by atoms with van der Waals surface area (Å²) in [5, 5.41) is 21.0. The molecule has 0 aliphatic carbocycles. The fourth-order valence-electron chi connectivity index (χ4n) is 4.28. The highest BCUT2D eigenvalue weighted by Gasteiger charge is 2.27. The highest BCUT2D eigenvalue weighted by molar-refractivity contribution is 7.93. The van der Waals surface area contributed by atoms with E-state index in [4.69, 9.17) is 0 Å². The van der Waals surface area contributed by atoms with Crippen LogP contribution in [-0.2, 0) is 10.0 Å². The number of sulfonamides is 1. The molecular formula is C27H32N4O3S2. The summed E-state index contributed by atoms with van der Waals surface area (Å²) in [6, 6.07) is 18.5. The summed E-state index contributed by atoms with van der Waals surface area (Å²) < 4.78 is 28.0. The van der Waals surface area contributed by atoms with Gasteiger partial charge < -0.3 is 14.9 Å². The number of nitrogens with zero attached hydrogens (tertiary/aromatic N) is 3. The van der Waals surface area contributed by atoms with Gasteiger partial charge in [0.1, 0.15) is 6.07 Å². The molecule has 0 atom stereocenters. The van der Waals surface area contributed by atoms with Crippen molar-refractivity contribution in [1.82, 2.24) is 9.62 Å². The maximum absolute atomic E-state index is 12.8. The lowest BCUT2D eigenvalue weighted by molar-refractivity contribution is 0.246. The van der Waals surface area contributed by atoms with Crippen molar-refractivity contribution in [2.75, 3.05) is 44.7 Å².